The lowest BCUT2D eigenvalue weighted by Gasteiger charge is -2.05. The van der Waals surface area contributed by atoms with Crippen LogP contribution in [0.25, 0.3) is 0 Å². The van der Waals surface area contributed by atoms with Crippen molar-refractivity contribution in [1.82, 2.24) is 0 Å². The summed E-state index contributed by atoms with van der Waals surface area (Å²) in [6.07, 6.45) is 12.0. The molecular formula is C15H28O2. The molecule has 17 heavy (non-hydrogen) atoms. The van der Waals surface area contributed by atoms with Crippen molar-refractivity contribution in [3.8, 4) is 0 Å². The largest absolute Gasteiger partial charge is 0.466 e. The van der Waals surface area contributed by atoms with Crippen molar-refractivity contribution in [3.63, 3.8) is 0 Å². The summed E-state index contributed by atoms with van der Waals surface area (Å²) in [6.45, 7) is 6.83. The zero-order valence-electron chi connectivity index (χ0n) is 11.7. The van der Waals surface area contributed by atoms with Gasteiger partial charge in [0.2, 0.25) is 0 Å². The van der Waals surface area contributed by atoms with Gasteiger partial charge in [0.15, 0.2) is 0 Å². The molecular weight excluding hydrogens is 212 g/mol. The molecule has 0 N–H and O–H groups in total. The van der Waals surface area contributed by atoms with Crippen molar-refractivity contribution in [2.45, 2.75) is 65.7 Å². The van der Waals surface area contributed by atoms with Gasteiger partial charge < -0.3 is 4.74 Å². The summed E-state index contributed by atoms with van der Waals surface area (Å²) in [5, 5.41) is 0. The van der Waals surface area contributed by atoms with E-state index in [9.17, 15) is 4.79 Å². The molecule has 0 unspecified atom stereocenters. The van der Waals surface area contributed by atoms with Crippen molar-refractivity contribution in [3.05, 3.63) is 12.2 Å². The van der Waals surface area contributed by atoms with Crippen LogP contribution in [0, 0.1) is 5.92 Å². The van der Waals surface area contributed by atoms with Crippen LogP contribution in [0.15, 0.2) is 12.2 Å². The highest BCUT2D eigenvalue weighted by Crippen LogP contribution is 2.03. The summed E-state index contributed by atoms with van der Waals surface area (Å²) in [4.78, 5) is 11.2. The van der Waals surface area contributed by atoms with E-state index in [0.717, 1.165) is 12.8 Å². The van der Waals surface area contributed by atoms with E-state index < -0.39 is 0 Å². The van der Waals surface area contributed by atoms with Crippen molar-refractivity contribution >= 4 is 5.97 Å². The minimum Gasteiger partial charge on any atom is -0.466 e. The quantitative estimate of drug-likeness (QED) is 0.319. The molecule has 0 aliphatic rings. The Kier molecular flexibility index (Phi) is 11.1. The summed E-state index contributed by atoms with van der Waals surface area (Å²) in [6, 6.07) is 0. The molecule has 0 atom stereocenters. The van der Waals surface area contributed by atoms with E-state index in [1.807, 2.05) is 13.8 Å². The second kappa shape index (κ2) is 11.7. The maximum Gasteiger partial charge on any atom is 0.306 e. The van der Waals surface area contributed by atoms with E-state index in [4.69, 9.17) is 4.74 Å². The van der Waals surface area contributed by atoms with Gasteiger partial charge in [-0.3, -0.25) is 4.79 Å². The van der Waals surface area contributed by atoms with Crippen molar-refractivity contribution in [1.29, 1.82) is 0 Å². The third-order valence-corrected chi connectivity index (χ3v) is 2.49. The van der Waals surface area contributed by atoms with Gasteiger partial charge in [0.25, 0.3) is 0 Å². The van der Waals surface area contributed by atoms with Crippen LogP contribution in [0.3, 0.4) is 0 Å². The van der Waals surface area contributed by atoms with E-state index >= 15 is 0 Å². The Balaban J connectivity index is 3.25. The Morgan fingerprint density at radius 3 is 2.35 bits per heavy atom. The lowest BCUT2D eigenvalue weighted by Crippen LogP contribution is -2.08. The fourth-order valence-electron chi connectivity index (χ4n) is 1.53. The van der Waals surface area contributed by atoms with Crippen LogP contribution in [0.1, 0.15) is 65.7 Å². The average Bonchev–Trinajstić information content (AvgIpc) is 2.26. The first-order valence-corrected chi connectivity index (χ1v) is 6.97. The molecule has 0 aliphatic heterocycles. The van der Waals surface area contributed by atoms with Crippen LogP contribution in [-0.2, 0) is 9.53 Å². The van der Waals surface area contributed by atoms with Gasteiger partial charge in [-0.2, -0.15) is 0 Å². The van der Waals surface area contributed by atoms with Gasteiger partial charge in [-0.1, -0.05) is 45.8 Å². The van der Waals surface area contributed by atoms with Crippen LogP contribution in [-0.4, -0.2) is 12.6 Å². The fraction of sp³-hybridized carbons (Fsp3) is 0.800. The molecule has 0 aromatic rings. The second-order valence-corrected chi connectivity index (χ2v) is 4.93. The predicted octanol–water partition coefficient (Wildman–Crippen LogP) is 4.49. The molecule has 0 rings (SSSR count). The lowest BCUT2D eigenvalue weighted by atomic mass is 10.1. The SMILES string of the molecule is CCCCC/C=C\CCCOC(=O)CC(C)C. The topological polar surface area (TPSA) is 26.3 Å². The minimum atomic E-state index is -0.0630. The molecule has 0 bridgehead atoms. The summed E-state index contributed by atoms with van der Waals surface area (Å²) in [7, 11) is 0. The first-order chi connectivity index (χ1) is 8.16. The number of carbonyl (C=O) groups excluding carboxylic acids is 1. The number of unbranched alkanes of at least 4 members (excludes halogenated alkanes) is 4. The standard InChI is InChI=1S/C15H28O2/c1-4-5-6-7-8-9-10-11-12-17-15(16)13-14(2)3/h8-9,14H,4-7,10-13H2,1-3H3/b9-8-. The van der Waals surface area contributed by atoms with Gasteiger partial charge in [-0.05, 0) is 31.6 Å². The number of hydrogen-bond donors (Lipinski definition) is 0. The molecule has 0 saturated carbocycles. The monoisotopic (exact) mass is 240 g/mol. The maximum atomic E-state index is 11.2. The normalized spacial score (nSPS) is 11.3. The molecule has 2 nitrogen and oxygen atoms in total. The zero-order valence-corrected chi connectivity index (χ0v) is 11.7. The van der Waals surface area contributed by atoms with Gasteiger partial charge >= 0.3 is 5.97 Å². The van der Waals surface area contributed by atoms with Crippen molar-refractivity contribution in [2.24, 2.45) is 5.92 Å². The number of allylic oxidation sites excluding steroid dienone is 2. The van der Waals surface area contributed by atoms with Crippen LogP contribution in [0.4, 0.5) is 0 Å². The predicted molar refractivity (Wildman–Crippen MR) is 72.9 cm³/mol. The Morgan fingerprint density at radius 1 is 1.12 bits per heavy atom. The molecule has 0 fully saturated rings. The van der Waals surface area contributed by atoms with Gasteiger partial charge in [0.05, 0.1) is 6.61 Å². The molecule has 2 heteroatoms. The Labute approximate surface area is 106 Å². The molecule has 0 amide bonds. The molecule has 0 radical (unpaired) electrons. The number of ether oxygens (including phenoxy) is 1. The van der Waals surface area contributed by atoms with E-state index in [1.54, 1.807) is 0 Å². The van der Waals surface area contributed by atoms with E-state index in [1.165, 1.54) is 25.7 Å². The Hall–Kier alpha value is -0.790. The molecule has 0 aliphatic carbocycles. The number of carbonyl (C=O) groups is 1. The smallest absolute Gasteiger partial charge is 0.306 e. The van der Waals surface area contributed by atoms with Crippen molar-refractivity contribution in [2.75, 3.05) is 6.61 Å². The third-order valence-electron chi connectivity index (χ3n) is 2.49. The average molecular weight is 240 g/mol. The Bertz CT molecular complexity index is 207. The summed E-state index contributed by atoms with van der Waals surface area (Å²) >= 11 is 0. The van der Waals surface area contributed by atoms with Crippen LogP contribution in [0.5, 0.6) is 0 Å². The highest BCUT2D eigenvalue weighted by Gasteiger charge is 2.04. The fourth-order valence-corrected chi connectivity index (χ4v) is 1.53. The van der Waals surface area contributed by atoms with Crippen molar-refractivity contribution < 1.29 is 9.53 Å². The molecule has 0 saturated heterocycles. The van der Waals surface area contributed by atoms with Gasteiger partial charge in [-0.15, -0.1) is 0 Å². The van der Waals surface area contributed by atoms with Crippen LogP contribution in [0.2, 0.25) is 0 Å². The molecule has 100 valence electrons. The maximum absolute atomic E-state index is 11.2. The highest BCUT2D eigenvalue weighted by atomic mass is 16.5. The van der Waals surface area contributed by atoms with E-state index in [-0.39, 0.29) is 5.97 Å². The first-order valence-electron chi connectivity index (χ1n) is 6.97. The van der Waals surface area contributed by atoms with Crippen LogP contribution >= 0.6 is 0 Å². The minimum absolute atomic E-state index is 0.0630. The number of esters is 1. The number of rotatable bonds is 10. The lowest BCUT2D eigenvalue weighted by molar-refractivity contribution is -0.144. The zero-order chi connectivity index (χ0) is 12.9. The second-order valence-electron chi connectivity index (χ2n) is 4.93. The van der Waals surface area contributed by atoms with E-state index in [0.29, 0.717) is 18.9 Å². The molecule has 0 heterocycles. The van der Waals surface area contributed by atoms with Gasteiger partial charge in [0, 0.05) is 6.42 Å². The third kappa shape index (κ3) is 13.1. The first kappa shape index (κ1) is 16.2. The van der Waals surface area contributed by atoms with Gasteiger partial charge in [0.1, 0.15) is 0 Å². The Morgan fingerprint density at radius 2 is 1.76 bits per heavy atom. The summed E-state index contributed by atoms with van der Waals surface area (Å²) in [5.74, 6) is 0.327. The highest BCUT2D eigenvalue weighted by molar-refractivity contribution is 5.69. The molecule has 0 spiro atoms. The summed E-state index contributed by atoms with van der Waals surface area (Å²) < 4.78 is 5.13. The van der Waals surface area contributed by atoms with E-state index in [2.05, 4.69) is 19.1 Å². The van der Waals surface area contributed by atoms with Gasteiger partial charge in [-0.25, -0.2) is 0 Å². The van der Waals surface area contributed by atoms with Crippen LogP contribution < -0.4 is 0 Å². The summed E-state index contributed by atoms with van der Waals surface area (Å²) in [5.41, 5.74) is 0. The molecule has 0 aromatic heterocycles. The molecule has 0 aromatic carbocycles. The number of hydrogen-bond acceptors (Lipinski definition) is 2.